The van der Waals surface area contributed by atoms with Crippen LogP contribution in [0.5, 0.6) is 0 Å². The zero-order valence-corrected chi connectivity index (χ0v) is 11.9. The quantitative estimate of drug-likeness (QED) is 0.907. The minimum absolute atomic E-state index is 0.149. The number of aromatic nitrogens is 2. The smallest absolute Gasteiger partial charge is 0.383 e. The van der Waals surface area contributed by atoms with Gasteiger partial charge >= 0.3 is 6.18 Å². The monoisotopic (exact) mass is 319 g/mol. The molecule has 0 saturated heterocycles. The topological polar surface area (TPSA) is 39.1 Å². The van der Waals surface area contributed by atoms with Gasteiger partial charge in [-0.25, -0.2) is 4.98 Å². The van der Waals surface area contributed by atoms with Gasteiger partial charge in [0, 0.05) is 26.0 Å². The normalized spacial score (nSPS) is 11.7. The van der Waals surface area contributed by atoms with Crippen molar-refractivity contribution in [2.24, 2.45) is 0 Å². The molecule has 8 heteroatoms. The van der Waals surface area contributed by atoms with E-state index in [1.54, 1.807) is 24.1 Å². The SMILES string of the molecule is COCCn1ccnc1Nc1cc(C(F)(F)F)ccc1Cl. The number of ether oxygens (including phenoxy) is 1. The molecule has 2 aromatic rings. The third-order valence-corrected chi connectivity index (χ3v) is 3.12. The standard InChI is InChI=1S/C13H13ClF3N3O/c1-21-7-6-20-5-4-18-12(20)19-11-8-9(13(15,16)17)2-3-10(11)14/h2-5,8H,6-7H2,1H3,(H,18,19). The van der Waals surface area contributed by atoms with Crippen LogP contribution in [0.4, 0.5) is 24.8 Å². The lowest BCUT2D eigenvalue weighted by Crippen LogP contribution is -2.09. The number of nitrogens with one attached hydrogen (secondary N) is 1. The molecule has 0 aliphatic carbocycles. The first-order chi connectivity index (χ1) is 9.91. The summed E-state index contributed by atoms with van der Waals surface area (Å²) in [5, 5.41) is 2.99. The fraction of sp³-hybridized carbons (Fsp3) is 0.308. The molecular weight excluding hydrogens is 307 g/mol. The summed E-state index contributed by atoms with van der Waals surface area (Å²) in [4.78, 5) is 4.05. The van der Waals surface area contributed by atoms with Crippen molar-refractivity contribution in [3.63, 3.8) is 0 Å². The van der Waals surface area contributed by atoms with Crippen molar-refractivity contribution < 1.29 is 17.9 Å². The van der Waals surface area contributed by atoms with E-state index in [9.17, 15) is 13.2 Å². The number of rotatable bonds is 5. The molecule has 0 aliphatic rings. The zero-order valence-electron chi connectivity index (χ0n) is 11.1. The Morgan fingerprint density at radius 2 is 2.14 bits per heavy atom. The molecule has 1 N–H and O–H groups in total. The number of hydrogen-bond acceptors (Lipinski definition) is 3. The summed E-state index contributed by atoms with van der Waals surface area (Å²) < 4.78 is 44.8. The van der Waals surface area contributed by atoms with E-state index >= 15 is 0 Å². The molecule has 0 atom stereocenters. The Kier molecular flexibility index (Phi) is 4.74. The van der Waals surface area contributed by atoms with E-state index in [-0.39, 0.29) is 10.7 Å². The number of anilines is 2. The minimum Gasteiger partial charge on any atom is -0.383 e. The number of methoxy groups -OCH3 is 1. The van der Waals surface area contributed by atoms with Crippen LogP contribution in [-0.4, -0.2) is 23.3 Å². The molecular formula is C13H13ClF3N3O. The highest BCUT2D eigenvalue weighted by Crippen LogP contribution is 2.34. The van der Waals surface area contributed by atoms with Crippen LogP contribution >= 0.6 is 11.6 Å². The molecule has 1 heterocycles. The van der Waals surface area contributed by atoms with Gasteiger partial charge in [-0.1, -0.05) is 11.6 Å². The van der Waals surface area contributed by atoms with Crippen LogP contribution in [0.25, 0.3) is 0 Å². The molecule has 4 nitrogen and oxygen atoms in total. The second kappa shape index (κ2) is 6.36. The number of alkyl halides is 3. The van der Waals surface area contributed by atoms with Crippen molar-refractivity contribution in [1.29, 1.82) is 0 Å². The fourth-order valence-corrected chi connectivity index (χ4v) is 1.89. The summed E-state index contributed by atoms with van der Waals surface area (Å²) >= 11 is 5.93. The fourth-order valence-electron chi connectivity index (χ4n) is 1.72. The molecule has 1 aromatic heterocycles. The highest BCUT2D eigenvalue weighted by Gasteiger charge is 2.31. The van der Waals surface area contributed by atoms with Crippen LogP contribution < -0.4 is 5.32 Å². The molecule has 1 aromatic carbocycles. The van der Waals surface area contributed by atoms with Gasteiger partial charge in [0.2, 0.25) is 5.95 Å². The van der Waals surface area contributed by atoms with Gasteiger partial charge < -0.3 is 14.6 Å². The molecule has 0 unspecified atom stereocenters. The zero-order chi connectivity index (χ0) is 15.5. The first kappa shape index (κ1) is 15.7. The second-order valence-electron chi connectivity index (χ2n) is 4.25. The average molecular weight is 320 g/mol. The van der Waals surface area contributed by atoms with Gasteiger partial charge in [0.05, 0.1) is 22.9 Å². The van der Waals surface area contributed by atoms with Crippen LogP contribution in [0.2, 0.25) is 5.02 Å². The van der Waals surface area contributed by atoms with E-state index in [0.29, 0.717) is 19.1 Å². The molecule has 0 aliphatic heterocycles. The summed E-state index contributed by atoms with van der Waals surface area (Å²) in [6, 6.07) is 3.09. The molecule has 0 bridgehead atoms. The van der Waals surface area contributed by atoms with E-state index in [1.165, 1.54) is 6.07 Å². The van der Waals surface area contributed by atoms with Crippen molar-refractivity contribution >= 4 is 23.2 Å². The molecule has 0 saturated carbocycles. The first-order valence-corrected chi connectivity index (χ1v) is 6.43. The van der Waals surface area contributed by atoms with E-state index in [4.69, 9.17) is 16.3 Å². The Labute approximate surface area is 124 Å². The number of nitrogens with zero attached hydrogens (tertiary/aromatic N) is 2. The third-order valence-electron chi connectivity index (χ3n) is 2.79. The van der Waals surface area contributed by atoms with Gasteiger partial charge in [0.15, 0.2) is 0 Å². The first-order valence-electron chi connectivity index (χ1n) is 6.05. The van der Waals surface area contributed by atoms with Gasteiger partial charge in [0.25, 0.3) is 0 Å². The Balaban J connectivity index is 2.25. The van der Waals surface area contributed by atoms with E-state index in [2.05, 4.69) is 10.3 Å². The summed E-state index contributed by atoms with van der Waals surface area (Å²) in [5.41, 5.74) is -0.624. The van der Waals surface area contributed by atoms with Crippen molar-refractivity contribution in [2.45, 2.75) is 12.7 Å². The molecule has 0 spiro atoms. The average Bonchev–Trinajstić information content (AvgIpc) is 2.85. The van der Waals surface area contributed by atoms with Gasteiger partial charge in [-0.15, -0.1) is 0 Å². The van der Waals surface area contributed by atoms with Gasteiger partial charge in [-0.2, -0.15) is 13.2 Å². The van der Waals surface area contributed by atoms with E-state index in [0.717, 1.165) is 12.1 Å². The number of benzene rings is 1. The highest BCUT2D eigenvalue weighted by atomic mass is 35.5. The molecule has 21 heavy (non-hydrogen) atoms. The summed E-state index contributed by atoms with van der Waals surface area (Å²) in [6.07, 6.45) is -1.19. The predicted octanol–water partition coefficient (Wildman–Crippen LogP) is 3.95. The molecule has 2 rings (SSSR count). The number of hydrogen-bond donors (Lipinski definition) is 1. The lowest BCUT2D eigenvalue weighted by atomic mass is 10.2. The maximum Gasteiger partial charge on any atom is 0.416 e. The van der Waals surface area contributed by atoms with Gasteiger partial charge in [-0.05, 0) is 18.2 Å². The van der Waals surface area contributed by atoms with Crippen molar-refractivity contribution in [3.8, 4) is 0 Å². The number of imidazole rings is 1. The van der Waals surface area contributed by atoms with Crippen LogP contribution in [0.15, 0.2) is 30.6 Å². The summed E-state index contributed by atoms with van der Waals surface area (Å²) in [7, 11) is 1.56. The molecule has 0 amide bonds. The Morgan fingerprint density at radius 1 is 1.38 bits per heavy atom. The highest BCUT2D eigenvalue weighted by molar-refractivity contribution is 6.33. The van der Waals surface area contributed by atoms with Crippen LogP contribution in [-0.2, 0) is 17.5 Å². The van der Waals surface area contributed by atoms with Crippen molar-refractivity contribution in [2.75, 3.05) is 19.0 Å². The van der Waals surface area contributed by atoms with Crippen LogP contribution in [0.1, 0.15) is 5.56 Å². The van der Waals surface area contributed by atoms with Crippen LogP contribution in [0.3, 0.4) is 0 Å². The second-order valence-corrected chi connectivity index (χ2v) is 4.66. The lowest BCUT2D eigenvalue weighted by molar-refractivity contribution is -0.137. The number of halogens is 4. The van der Waals surface area contributed by atoms with Gasteiger partial charge in [-0.3, -0.25) is 0 Å². The van der Waals surface area contributed by atoms with Crippen molar-refractivity contribution in [3.05, 3.63) is 41.2 Å². The van der Waals surface area contributed by atoms with E-state index < -0.39 is 11.7 Å². The Hall–Kier alpha value is -1.73. The maximum atomic E-state index is 12.7. The van der Waals surface area contributed by atoms with Gasteiger partial charge in [0.1, 0.15) is 0 Å². The van der Waals surface area contributed by atoms with Crippen molar-refractivity contribution in [1.82, 2.24) is 9.55 Å². The lowest BCUT2D eigenvalue weighted by Gasteiger charge is -2.13. The third kappa shape index (κ3) is 3.89. The largest absolute Gasteiger partial charge is 0.416 e. The maximum absolute atomic E-state index is 12.7. The molecule has 114 valence electrons. The predicted molar refractivity (Wildman–Crippen MR) is 73.8 cm³/mol. The Bertz CT molecular complexity index is 613. The van der Waals surface area contributed by atoms with Crippen LogP contribution in [0, 0.1) is 0 Å². The molecule has 0 fully saturated rings. The molecule has 0 radical (unpaired) electrons. The summed E-state index contributed by atoms with van der Waals surface area (Å²) in [5.74, 6) is 0.397. The Morgan fingerprint density at radius 3 is 2.81 bits per heavy atom. The van der Waals surface area contributed by atoms with E-state index in [1.807, 2.05) is 0 Å². The minimum atomic E-state index is -4.42. The summed E-state index contributed by atoms with van der Waals surface area (Å²) in [6.45, 7) is 0.983.